The van der Waals surface area contributed by atoms with Crippen LogP contribution in [0.1, 0.15) is 30.5 Å². The van der Waals surface area contributed by atoms with Gasteiger partial charge in [-0.25, -0.2) is 4.98 Å². The number of aromatic nitrogens is 2. The van der Waals surface area contributed by atoms with Gasteiger partial charge in [-0.2, -0.15) is 0 Å². The highest BCUT2D eigenvalue weighted by molar-refractivity contribution is 5.02. The van der Waals surface area contributed by atoms with E-state index in [0.29, 0.717) is 5.92 Å². The summed E-state index contributed by atoms with van der Waals surface area (Å²) in [5.41, 5.74) is 1.01. The Labute approximate surface area is 83.8 Å². The number of aryl methyl sites for hydroxylation is 1. The summed E-state index contributed by atoms with van der Waals surface area (Å²) >= 11 is 0. The van der Waals surface area contributed by atoms with E-state index in [9.17, 15) is 5.11 Å². The van der Waals surface area contributed by atoms with Gasteiger partial charge in [-0.15, -0.1) is 0 Å². The number of H-pyrrole nitrogens is 1. The molecule has 0 spiro atoms. The molecule has 4 heteroatoms. The number of aliphatic hydroxyl groups is 1. The number of aromatic amines is 1. The average molecular weight is 195 g/mol. The van der Waals surface area contributed by atoms with E-state index in [4.69, 9.17) is 0 Å². The fourth-order valence-electron chi connectivity index (χ4n) is 1.97. The smallest absolute Gasteiger partial charge is 0.135 e. The molecule has 1 aliphatic rings. The SMILES string of the molecule is Cc1cnc(C(O)C2CCNCC2)[nH]1. The minimum atomic E-state index is -0.425. The zero-order valence-corrected chi connectivity index (χ0v) is 8.45. The highest BCUT2D eigenvalue weighted by Gasteiger charge is 2.24. The third-order valence-electron chi connectivity index (χ3n) is 2.83. The van der Waals surface area contributed by atoms with Crippen LogP contribution < -0.4 is 5.32 Å². The molecule has 0 amide bonds. The maximum absolute atomic E-state index is 10.0. The van der Waals surface area contributed by atoms with Gasteiger partial charge in [0.25, 0.3) is 0 Å². The van der Waals surface area contributed by atoms with Crippen molar-refractivity contribution in [1.29, 1.82) is 0 Å². The number of hydrogen-bond acceptors (Lipinski definition) is 3. The molecular weight excluding hydrogens is 178 g/mol. The Hall–Kier alpha value is -0.870. The first-order valence-electron chi connectivity index (χ1n) is 5.17. The van der Waals surface area contributed by atoms with Crippen molar-refractivity contribution >= 4 is 0 Å². The summed E-state index contributed by atoms with van der Waals surface area (Å²) in [6, 6.07) is 0. The van der Waals surface area contributed by atoms with E-state index < -0.39 is 6.10 Å². The van der Waals surface area contributed by atoms with E-state index in [0.717, 1.165) is 37.4 Å². The summed E-state index contributed by atoms with van der Waals surface area (Å²) in [7, 11) is 0. The summed E-state index contributed by atoms with van der Waals surface area (Å²) in [4.78, 5) is 7.26. The number of rotatable bonds is 2. The second-order valence-electron chi connectivity index (χ2n) is 3.98. The topological polar surface area (TPSA) is 60.9 Å². The molecule has 14 heavy (non-hydrogen) atoms. The van der Waals surface area contributed by atoms with Gasteiger partial charge >= 0.3 is 0 Å². The number of nitrogens with zero attached hydrogens (tertiary/aromatic N) is 1. The van der Waals surface area contributed by atoms with Crippen LogP contribution in [0, 0.1) is 12.8 Å². The Balaban J connectivity index is 2.03. The molecule has 1 fully saturated rings. The van der Waals surface area contributed by atoms with Crippen molar-refractivity contribution in [3.8, 4) is 0 Å². The Morgan fingerprint density at radius 1 is 1.50 bits per heavy atom. The lowest BCUT2D eigenvalue weighted by Crippen LogP contribution is -2.31. The summed E-state index contributed by atoms with van der Waals surface area (Å²) in [5, 5.41) is 13.3. The summed E-state index contributed by atoms with van der Waals surface area (Å²) in [6.45, 7) is 3.95. The van der Waals surface area contributed by atoms with Crippen LogP contribution in [0.25, 0.3) is 0 Å². The van der Waals surface area contributed by atoms with Gasteiger partial charge in [0.05, 0.1) is 0 Å². The first-order chi connectivity index (χ1) is 6.77. The van der Waals surface area contributed by atoms with Gasteiger partial charge in [0.2, 0.25) is 0 Å². The van der Waals surface area contributed by atoms with Gasteiger partial charge in [-0.05, 0) is 38.8 Å². The predicted molar refractivity (Wildman–Crippen MR) is 53.9 cm³/mol. The molecule has 2 rings (SSSR count). The van der Waals surface area contributed by atoms with Crippen molar-refractivity contribution in [2.75, 3.05) is 13.1 Å². The minimum absolute atomic E-state index is 0.349. The molecule has 78 valence electrons. The fourth-order valence-corrected chi connectivity index (χ4v) is 1.97. The highest BCUT2D eigenvalue weighted by Crippen LogP contribution is 2.26. The van der Waals surface area contributed by atoms with Crippen LogP contribution in [0.15, 0.2) is 6.20 Å². The monoisotopic (exact) mass is 195 g/mol. The summed E-state index contributed by atoms with van der Waals surface area (Å²) in [6.07, 6.45) is 3.40. The molecule has 0 saturated carbocycles. The van der Waals surface area contributed by atoms with Crippen molar-refractivity contribution in [3.05, 3.63) is 17.7 Å². The average Bonchev–Trinajstić information content (AvgIpc) is 2.65. The van der Waals surface area contributed by atoms with Gasteiger partial charge in [0, 0.05) is 11.9 Å². The van der Waals surface area contributed by atoms with Crippen molar-refractivity contribution in [2.45, 2.75) is 25.9 Å². The van der Waals surface area contributed by atoms with Crippen molar-refractivity contribution < 1.29 is 5.11 Å². The summed E-state index contributed by atoms with van der Waals surface area (Å²) in [5.74, 6) is 1.07. The van der Waals surface area contributed by atoms with Crippen LogP contribution >= 0.6 is 0 Å². The number of hydrogen-bond donors (Lipinski definition) is 3. The fraction of sp³-hybridized carbons (Fsp3) is 0.700. The van der Waals surface area contributed by atoms with Crippen LogP contribution in [0.4, 0.5) is 0 Å². The van der Waals surface area contributed by atoms with Crippen LogP contribution in [0.5, 0.6) is 0 Å². The molecule has 4 nitrogen and oxygen atoms in total. The molecule has 1 atom stereocenters. The lowest BCUT2D eigenvalue weighted by Gasteiger charge is -2.25. The Morgan fingerprint density at radius 3 is 2.79 bits per heavy atom. The van der Waals surface area contributed by atoms with E-state index in [2.05, 4.69) is 15.3 Å². The molecule has 0 aromatic carbocycles. The first-order valence-corrected chi connectivity index (χ1v) is 5.17. The molecule has 1 aromatic rings. The normalized spacial score (nSPS) is 21.0. The lowest BCUT2D eigenvalue weighted by molar-refractivity contribution is 0.0818. The van der Waals surface area contributed by atoms with Gasteiger partial charge in [-0.3, -0.25) is 0 Å². The third kappa shape index (κ3) is 1.96. The first kappa shape index (κ1) is 9.68. The molecule has 3 N–H and O–H groups in total. The number of nitrogens with one attached hydrogen (secondary N) is 2. The maximum Gasteiger partial charge on any atom is 0.135 e. The van der Waals surface area contributed by atoms with Crippen molar-refractivity contribution in [3.63, 3.8) is 0 Å². The molecular formula is C10H17N3O. The third-order valence-corrected chi connectivity index (χ3v) is 2.83. The molecule has 1 aliphatic heterocycles. The van der Waals surface area contributed by atoms with Gasteiger partial charge < -0.3 is 15.4 Å². The van der Waals surface area contributed by atoms with E-state index >= 15 is 0 Å². The second kappa shape index (κ2) is 4.11. The van der Waals surface area contributed by atoms with Crippen molar-refractivity contribution in [1.82, 2.24) is 15.3 Å². The molecule has 0 aliphatic carbocycles. The molecule has 0 radical (unpaired) electrons. The molecule has 1 unspecified atom stereocenters. The van der Waals surface area contributed by atoms with Gasteiger partial charge in [0.1, 0.15) is 11.9 Å². The Kier molecular flexibility index (Phi) is 2.84. The van der Waals surface area contributed by atoms with E-state index in [1.807, 2.05) is 6.92 Å². The standard InChI is InChI=1S/C10H17N3O/c1-7-6-12-10(13-7)9(14)8-2-4-11-5-3-8/h6,8-9,11,14H,2-5H2,1H3,(H,12,13). The molecule has 1 saturated heterocycles. The maximum atomic E-state index is 10.0. The minimum Gasteiger partial charge on any atom is -0.385 e. The largest absolute Gasteiger partial charge is 0.385 e. The quantitative estimate of drug-likeness (QED) is 0.652. The zero-order valence-electron chi connectivity index (χ0n) is 8.45. The van der Waals surface area contributed by atoms with E-state index in [1.54, 1.807) is 6.20 Å². The van der Waals surface area contributed by atoms with Crippen molar-refractivity contribution in [2.24, 2.45) is 5.92 Å². The Morgan fingerprint density at radius 2 is 2.21 bits per heavy atom. The molecule has 2 heterocycles. The van der Waals surface area contributed by atoms with Gasteiger partial charge in [0.15, 0.2) is 0 Å². The second-order valence-corrected chi connectivity index (χ2v) is 3.98. The van der Waals surface area contributed by atoms with E-state index in [1.165, 1.54) is 0 Å². The summed E-state index contributed by atoms with van der Waals surface area (Å²) < 4.78 is 0. The number of piperidine rings is 1. The number of imidazole rings is 1. The van der Waals surface area contributed by atoms with Crippen LogP contribution in [0.3, 0.4) is 0 Å². The number of aliphatic hydroxyl groups excluding tert-OH is 1. The Bertz CT molecular complexity index is 291. The zero-order chi connectivity index (χ0) is 9.97. The van der Waals surface area contributed by atoms with E-state index in [-0.39, 0.29) is 0 Å². The van der Waals surface area contributed by atoms with Gasteiger partial charge in [-0.1, -0.05) is 0 Å². The molecule has 0 bridgehead atoms. The molecule has 1 aromatic heterocycles. The lowest BCUT2D eigenvalue weighted by atomic mass is 9.92. The predicted octanol–water partition coefficient (Wildman–Crippen LogP) is 0.751. The van der Waals surface area contributed by atoms with Crippen LogP contribution in [0.2, 0.25) is 0 Å². The highest BCUT2D eigenvalue weighted by atomic mass is 16.3. The van der Waals surface area contributed by atoms with Crippen LogP contribution in [-0.2, 0) is 0 Å². The van der Waals surface area contributed by atoms with Crippen LogP contribution in [-0.4, -0.2) is 28.2 Å².